The van der Waals surface area contributed by atoms with Gasteiger partial charge in [-0.3, -0.25) is 4.79 Å². The number of hydrogen-bond acceptors (Lipinski definition) is 4. The number of rotatable bonds is 9. The Labute approximate surface area is 166 Å². The lowest BCUT2D eigenvalue weighted by atomic mass is 10.1. The first-order valence-electron chi connectivity index (χ1n) is 10.00. The molecule has 0 saturated carbocycles. The van der Waals surface area contributed by atoms with Crippen LogP contribution in [0, 0.1) is 5.92 Å². The maximum atomic E-state index is 12.9. The van der Waals surface area contributed by atoms with Gasteiger partial charge in [0.1, 0.15) is 23.3 Å². The molecule has 0 radical (unpaired) electrons. The second-order valence-corrected chi connectivity index (χ2v) is 7.39. The third-order valence-corrected chi connectivity index (χ3v) is 4.64. The summed E-state index contributed by atoms with van der Waals surface area (Å²) < 4.78 is 17.2. The predicted molar refractivity (Wildman–Crippen MR) is 113 cm³/mol. The molecular weight excluding hydrogens is 352 g/mol. The van der Waals surface area contributed by atoms with Crippen molar-refractivity contribution >= 4 is 11.0 Å². The molecule has 1 aromatic heterocycles. The molecule has 148 valence electrons. The first-order chi connectivity index (χ1) is 13.6. The lowest BCUT2D eigenvalue weighted by Crippen LogP contribution is -2.05. The second kappa shape index (κ2) is 9.45. The molecule has 0 aliphatic heterocycles. The van der Waals surface area contributed by atoms with E-state index in [0.29, 0.717) is 35.7 Å². The first kappa shape index (κ1) is 20.0. The molecule has 28 heavy (non-hydrogen) atoms. The Morgan fingerprint density at radius 1 is 0.964 bits per heavy atom. The molecule has 0 N–H and O–H groups in total. The molecular formula is C24H28O4. The van der Waals surface area contributed by atoms with Crippen LogP contribution in [0.15, 0.2) is 57.9 Å². The zero-order chi connectivity index (χ0) is 19.9. The number of fused-ring (bicyclic) bond motifs is 1. The number of hydrogen-bond donors (Lipinski definition) is 0. The maximum Gasteiger partial charge on any atom is 0.200 e. The highest BCUT2D eigenvalue weighted by Gasteiger charge is 2.10. The van der Waals surface area contributed by atoms with Gasteiger partial charge >= 0.3 is 0 Å². The predicted octanol–water partition coefficient (Wildman–Crippen LogP) is 6.06. The minimum Gasteiger partial charge on any atom is -0.494 e. The molecule has 1 heterocycles. The lowest BCUT2D eigenvalue weighted by Gasteiger charge is -2.09. The number of unbranched alkanes of at least 4 members (excludes halogenated alkanes) is 1. The fraction of sp³-hybridized carbons (Fsp3) is 0.375. The Balaban J connectivity index is 1.78. The summed E-state index contributed by atoms with van der Waals surface area (Å²) >= 11 is 0. The van der Waals surface area contributed by atoms with Crippen LogP contribution < -0.4 is 14.9 Å². The Hall–Kier alpha value is -2.75. The van der Waals surface area contributed by atoms with E-state index in [0.717, 1.165) is 36.3 Å². The van der Waals surface area contributed by atoms with E-state index in [-0.39, 0.29) is 5.43 Å². The Morgan fingerprint density at radius 2 is 1.68 bits per heavy atom. The van der Waals surface area contributed by atoms with Gasteiger partial charge < -0.3 is 13.9 Å². The van der Waals surface area contributed by atoms with Crippen molar-refractivity contribution in [3.8, 4) is 22.6 Å². The number of ether oxygens (including phenoxy) is 2. The Kier molecular flexibility index (Phi) is 6.75. The summed E-state index contributed by atoms with van der Waals surface area (Å²) in [5.41, 5.74) is 1.85. The average Bonchev–Trinajstić information content (AvgIpc) is 2.69. The Bertz CT molecular complexity index is 954. The maximum absolute atomic E-state index is 12.9. The normalized spacial score (nSPS) is 11.1. The SMILES string of the molecule is CCCCOc1ccc2c(=O)c(-c3ccc(OCCC(C)C)cc3)coc2c1. The van der Waals surface area contributed by atoms with E-state index in [9.17, 15) is 4.79 Å². The molecule has 4 nitrogen and oxygen atoms in total. The summed E-state index contributed by atoms with van der Waals surface area (Å²) in [5.74, 6) is 2.14. The van der Waals surface area contributed by atoms with Gasteiger partial charge in [0.15, 0.2) is 5.43 Å². The van der Waals surface area contributed by atoms with Crippen molar-refractivity contribution in [2.24, 2.45) is 5.92 Å². The smallest absolute Gasteiger partial charge is 0.200 e. The van der Waals surface area contributed by atoms with Crippen molar-refractivity contribution in [2.45, 2.75) is 40.0 Å². The molecule has 0 spiro atoms. The fourth-order valence-corrected chi connectivity index (χ4v) is 2.88. The van der Waals surface area contributed by atoms with Gasteiger partial charge in [0.25, 0.3) is 0 Å². The molecule has 3 aromatic rings. The van der Waals surface area contributed by atoms with Crippen LogP contribution in [0.3, 0.4) is 0 Å². The zero-order valence-corrected chi connectivity index (χ0v) is 16.9. The van der Waals surface area contributed by atoms with Crippen molar-refractivity contribution in [3.05, 3.63) is 59.0 Å². The van der Waals surface area contributed by atoms with Crippen molar-refractivity contribution in [1.82, 2.24) is 0 Å². The van der Waals surface area contributed by atoms with Crippen molar-refractivity contribution in [1.29, 1.82) is 0 Å². The van der Waals surface area contributed by atoms with Gasteiger partial charge in [0.05, 0.1) is 24.2 Å². The van der Waals surface area contributed by atoms with Gasteiger partial charge in [-0.2, -0.15) is 0 Å². The van der Waals surface area contributed by atoms with Crippen LogP contribution in [-0.4, -0.2) is 13.2 Å². The molecule has 0 fully saturated rings. The highest BCUT2D eigenvalue weighted by Crippen LogP contribution is 2.25. The first-order valence-corrected chi connectivity index (χ1v) is 10.00. The third-order valence-electron chi connectivity index (χ3n) is 4.64. The van der Waals surface area contributed by atoms with E-state index in [1.165, 1.54) is 6.26 Å². The van der Waals surface area contributed by atoms with Crippen LogP contribution in [0.4, 0.5) is 0 Å². The Morgan fingerprint density at radius 3 is 2.39 bits per heavy atom. The van der Waals surface area contributed by atoms with Gasteiger partial charge in [0, 0.05) is 6.07 Å². The van der Waals surface area contributed by atoms with Crippen molar-refractivity contribution in [3.63, 3.8) is 0 Å². The fourth-order valence-electron chi connectivity index (χ4n) is 2.88. The summed E-state index contributed by atoms with van der Waals surface area (Å²) in [6, 6.07) is 12.9. The number of benzene rings is 2. The largest absolute Gasteiger partial charge is 0.494 e. The highest BCUT2D eigenvalue weighted by atomic mass is 16.5. The van der Waals surface area contributed by atoms with E-state index < -0.39 is 0 Å². The molecule has 0 atom stereocenters. The van der Waals surface area contributed by atoms with E-state index in [1.807, 2.05) is 30.3 Å². The van der Waals surface area contributed by atoms with Crippen molar-refractivity contribution in [2.75, 3.05) is 13.2 Å². The molecule has 0 bridgehead atoms. The molecule has 3 rings (SSSR count). The molecule has 0 unspecified atom stereocenters. The molecule has 4 heteroatoms. The quantitative estimate of drug-likeness (QED) is 0.423. The van der Waals surface area contributed by atoms with E-state index in [2.05, 4.69) is 20.8 Å². The third kappa shape index (κ3) is 4.94. The topological polar surface area (TPSA) is 48.7 Å². The van der Waals surface area contributed by atoms with Gasteiger partial charge in [-0.1, -0.05) is 39.3 Å². The van der Waals surface area contributed by atoms with E-state index >= 15 is 0 Å². The summed E-state index contributed by atoms with van der Waals surface area (Å²) in [6.07, 6.45) is 4.61. The summed E-state index contributed by atoms with van der Waals surface area (Å²) in [6.45, 7) is 7.82. The molecule has 0 aliphatic rings. The summed E-state index contributed by atoms with van der Waals surface area (Å²) in [5, 5.41) is 0.553. The van der Waals surface area contributed by atoms with Crippen LogP contribution >= 0.6 is 0 Å². The van der Waals surface area contributed by atoms with Crippen LogP contribution in [0.1, 0.15) is 40.0 Å². The zero-order valence-electron chi connectivity index (χ0n) is 16.9. The van der Waals surface area contributed by atoms with Gasteiger partial charge in [0.2, 0.25) is 0 Å². The van der Waals surface area contributed by atoms with Crippen molar-refractivity contribution < 1.29 is 13.9 Å². The minimum absolute atomic E-state index is 0.0464. The standard InChI is InChI=1S/C24H28O4/c1-4-5-13-26-20-10-11-21-23(15-20)28-16-22(24(21)25)18-6-8-19(9-7-18)27-14-12-17(2)3/h6-11,15-17H,4-5,12-14H2,1-3H3. The van der Waals surface area contributed by atoms with Crippen LogP contribution in [-0.2, 0) is 0 Å². The molecule has 0 amide bonds. The monoisotopic (exact) mass is 380 g/mol. The summed E-state index contributed by atoms with van der Waals surface area (Å²) in [4.78, 5) is 12.9. The minimum atomic E-state index is -0.0464. The van der Waals surface area contributed by atoms with Crippen LogP contribution in [0.5, 0.6) is 11.5 Å². The van der Waals surface area contributed by atoms with E-state index in [4.69, 9.17) is 13.9 Å². The molecule has 0 saturated heterocycles. The van der Waals surface area contributed by atoms with Crippen LogP contribution in [0.25, 0.3) is 22.1 Å². The summed E-state index contributed by atoms with van der Waals surface area (Å²) in [7, 11) is 0. The van der Waals surface area contributed by atoms with E-state index in [1.54, 1.807) is 12.1 Å². The highest BCUT2D eigenvalue weighted by molar-refractivity contribution is 5.82. The van der Waals surface area contributed by atoms with Gasteiger partial charge in [-0.15, -0.1) is 0 Å². The van der Waals surface area contributed by atoms with Gasteiger partial charge in [-0.05, 0) is 48.6 Å². The average molecular weight is 380 g/mol. The van der Waals surface area contributed by atoms with Crippen LogP contribution in [0.2, 0.25) is 0 Å². The second-order valence-electron chi connectivity index (χ2n) is 7.39. The lowest BCUT2D eigenvalue weighted by molar-refractivity contribution is 0.289. The molecule has 0 aliphatic carbocycles. The van der Waals surface area contributed by atoms with Gasteiger partial charge in [-0.25, -0.2) is 0 Å². The molecule has 2 aromatic carbocycles.